The number of methoxy groups -OCH3 is 1. The standard InChI is InChI=1S/C15H24O2/c1-4-5-6-7-8-12-17-15-11-9-10-14(16-3)13(15)2/h9-11H,4-8,12H2,1-3H3. The molecule has 0 aromatic heterocycles. The van der Waals surface area contributed by atoms with Crippen molar-refractivity contribution in [2.24, 2.45) is 0 Å². The van der Waals surface area contributed by atoms with E-state index in [9.17, 15) is 0 Å². The van der Waals surface area contributed by atoms with Crippen molar-refractivity contribution in [2.75, 3.05) is 13.7 Å². The molecule has 0 amide bonds. The van der Waals surface area contributed by atoms with Crippen LogP contribution in [-0.4, -0.2) is 13.7 Å². The normalized spacial score (nSPS) is 10.3. The minimum Gasteiger partial charge on any atom is -0.496 e. The summed E-state index contributed by atoms with van der Waals surface area (Å²) in [4.78, 5) is 0. The van der Waals surface area contributed by atoms with E-state index in [1.807, 2.05) is 25.1 Å². The Kier molecular flexibility index (Phi) is 6.53. The van der Waals surface area contributed by atoms with Gasteiger partial charge in [-0.1, -0.05) is 38.7 Å². The van der Waals surface area contributed by atoms with Crippen molar-refractivity contribution >= 4 is 0 Å². The number of rotatable bonds is 8. The maximum atomic E-state index is 5.78. The summed E-state index contributed by atoms with van der Waals surface area (Å²) in [6.45, 7) is 5.07. The van der Waals surface area contributed by atoms with E-state index in [0.717, 1.165) is 30.1 Å². The van der Waals surface area contributed by atoms with E-state index in [0.29, 0.717) is 0 Å². The van der Waals surface area contributed by atoms with Gasteiger partial charge in [-0.3, -0.25) is 0 Å². The van der Waals surface area contributed by atoms with Crippen LogP contribution < -0.4 is 9.47 Å². The zero-order chi connectivity index (χ0) is 12.5. The molecule has 0 unspecified atom stereocenters. The second-order valence-corrected chi connectivity index (χ2v) is 4.35. The highest BCUT2D eigenvalue weighted by atomic mass is 16.5. The first kappa shape index (κ1) is 13.9. The molecule has 0 saturated carbocycles. The molecule has 1 aromatic carbocycles. The van der Waals surface area contributed by atoms with Crippen molar-refractivity contribution in [2.45, 2.75) is 46.0 Å². The smallest absolute Gasteiger partial charge is 0.125 e. The van der Waals surface area contributed by atoms with Crippen molar-refractivity contribution in [1.82, 2.24) is 0 Å². The predicted octanol–water partition coefficient (Wildman–Crippen LogP) is 4.35. The fraction of sp³-hybridized carbons (Fsp3) is 0.600. The van der Waals surface area contributed by atoms with Gasteiger partial charge in [-0.2, -0.15) is 0 Å². The van der Waals surface area contributed by atoms with Gasteiger partial charge < -0.3 is 9.47 Å². The van der Waals surface area contributed by atoms with Crippen LogP contribution >= 0.6 is 0 Å². The predicted molar refractivity (Wildman–Crippen MR) is 72.0 cm³/mol. The molecular formula is C15H24O2. The third kappa shape index (κ3) is 4.68. The molecule has 17 heavy (non-hydrogen) atoms. The molecule has 0 aliphatic heterocycles. The van der Waals surface area contributed by atoms with Gasteiger partial charge in [-0.25, -0.2) is 0 Å². The number of benzene rings is 1. The van der Waals surface area contributed by atoms with Crippen LogP contribution in [0.25, 0.3) is 0 Å². The van der Waals surface area contributed by atoms with Crippen molar-refractivity contribution < 1.29 is 9.47 Å². The third-order valence-corrected chi connectivity index (χ3v) is 2.96. The molecule has 0 fully saturated rings. The van der Waals surface area contributed by atoms with Crippen LogP contribution in [0.15, 0.2) is 18.2 Å². The lowest BCUT2D eigenvalue weighted by Crippen LogP contribution is -1.99. The molecular weight excluding hydrogens is 212 g/mol. The zero-order valence-corrected chi connectivity index (χ0v) is 11.3. The van der Waals surface area contributed by atoms with Crippen LogP contribution in [-0.2, 0) is 0 Å². The summed E-state index contributed by atoms with van der Waals surface area (Å²) in [7, 11) is 1.69. The summed E-state index contributed by atoms with van der Waals surface area (Å²) in [5.74, 6) is 1.84. The summed E-state index contributed by atoms with van der Waals surface area (Å²) < 4.78 is 11.0. The average Bonchev–Trinajstić information content (AvgIpc) is 2.35. The molecule has 0 radical (unpaired) electrons. The minimum absolute atomic E-state index is 0.803. The molecule has 0 saturated heterocycles. The van der Waals surface area contributed by atoms with Crippen LogP contribution in [0.3, 0.4) is 0 Å². The summed E-state index contributed by atoms with van der Waals surface area (Å²) in [5.41, 5.74) is 1.09. The third-order valence-electron chi connectivity index (χ3n) is 2.96. The van der Waals surface area contributed by atoms with Crippen LogP contribution in [0.2, 0.25) is 0 Å². The minimum atomic E-state index is 0.803. The number of hydrogen-bond acceptors (Lipinski definition) is 2. The van der Waals surface area contributed by atoms with Gasteiger partial charge in [0.2, 0.25) is 0 Å². The lowest BCUT2D eigenvalue weighted by atomic mass is 10.1. The molecule has 0 aliphatic carbocycles. The Balaban J connectivity index is 2.31. The summed E-state index contributed by atoms with van der Waals surface area (Å²) in [5, 5.41) is 0. The van der Waals surface area contributed by atoms with Crippen LogP contribution in [0.1, 0.15) is 44.6 Å². The second kappa shape index (κ2) is 7.99. The largest absolute Gasteiger partial charge is 0.496 e. The van der Waals surface area contributed by atoms with Gasteiger partial charge in [-0.05, 0) is 25.5 Å². The van der Waals surface area contributed by atoms with E-state index in [4.69, 9.17) is 9.47 Å². The zero-order valence-electron chi connectivity index (χ0n) is 11.3. The number of hydrogen-bond donors (Lipinski definition) is 0. The van der Waals surface area contributed by atoms with Gasteiger partial charge in [0, 0.05) is 5.56 Å². The first-order valence-electron chi connectivity index (χ1n) is 6.56. The molecule has 0 spiro atoms. The van der Waals surface area contributed by atoms with Crippen LogP contribution in [0, 0.1) is 6.92 Å². The Hall–Kier alpha value is -1.18. The molecule has 0 bridgehead atoms. The fourth-order valence-electron chi connectivity index (χ4n) is 1.86. The summed E-state index contributed by atoms with van der Waals surface area (Å²) >= 11 is 0. The van der Waals surface area contributed by atoms with E-state index in [1.54, 1.807) is 7.11 Å². The SMILES string of the molecule is CCCCCCCOc1cccc(OC)c1C. The molecule has 1 aromatic rings. The highest BCUT2D eigenvalue weighted by molar-refractivity contribution is 5.43. The Morgan fingerprint density at radius 1 is 1.00 bits per heavy atom. The van der Waals surface area contributed by atoms with E-state index >= 15 is 0 Å². The monoisotopic (exact) mass is 236 g/mol. The Bertz CT molecular complexity index is 321. The highest BCUT2D eigenvalue weighted by Crippen LogP contribution is 2.27. The Labute approximate surface area is 105 Å². The van der Waals surface area contributed by atoms with Crippen molar-refractivity contribution in [3.63, 3.8) is 0 Å². The molecule has 0 N–H and O–H groups in total. The first-order chi connectivity index (χ1) is 8.29. The average molecular weight is 236 g/mol. The van der Waals surface area contributed by atoms with Crippen molar-refractivity contribution in [3.8, 4) is 11.5 Å². The van der Waals surface area contributed by atoms with E-state index in [-0.39, 0.29) is 0 Å². The summed E-state index contributed by atoms with van der Waals surface area (Å²) in [6.07, 6.45) is 6.33. The molecule has 96 valence electrons. The van der Waals surface area contributed by atoms with Crippen LogP contribution in [0.5, 0.6) is 11.5 Å². The second-order valence-electron chi connectivity index (χ2n) is 4.35. The van der Waals surface area contributed by atoms with Crippen molar-refractivity contribution in [1.29, 1.82) is 0 Å². The maximum absolute atomic E-state index is 5.78. The fourth-order valence-corrected chi connectivity index (χ4v) is 1.86. The molecule has 1 rings (SSSR count). The number of ether oxygens (including phenoxy) is 2. The topological polar surface area (TPSA) is 18.5 Å². The van der Waals surface area contributed by atoms with Gasteiger partial charge in [0.1, 0.15) is 11.5 Å². The maximum Gasteiger partial charge on any atom is 0.125 e. The Morgan fingerprint density at radius 3 is 2.41 bits per heavy atom. The lowest BCUT2D eigenvalue weighted by Gasteiger charge is -2.11. The molecule has 0 aliphatic rings. The molecule has 2 nitrogen and oxygen atoms in total. The lowest BCUT2D eigenvalue weighted by molar-refractivity contribution is 0.300. The molecule has 2 heteroatoms. The van der Waals surface area contributed by atoms with E-state index < -0.39 is 0 Å². The van der Waals surface area contributed by atoms with Gasteiger partial charge in [0.25, 0.3) is 0 Å². The first-order valence-corrected chi connectivity index (χ1v) is 6.56. The van der Waals surface area contributed by atoms with E-state index in [2.05, 4.69) is 6.92 Å². The van der Waals surface area contributed by atoms with Gasteiger partial charge in [-0.15, -0.1) is 0 Å². The molecule has 0 atom stereocenters. The number of unbranched alkanes of at least 4 members (excludes halogenated alkanes) is 4. The van der Waals surface area contributed by atoms with Gasteiger partial charge in [0.05, 0.1) is 13.7 Å². The quantitative estimate of drug-likeness (QED) is 0.625. The molecule has 0 heterocycles. The van der Waals surface area contributed by atoms with Gasteiger partial charge >= 0.3 is 0 Å². The highest BCUT2D eigenvalue weighted by Gasteiger charge is 2.04. The van der Waals surface area contributed by atoms with Gasteiger partial charge in [0.15, 0.2) is 0 Å². The summed E-state index contributed by atoms with van der Waals surface area (Å²) in [6, 6.07) is 5.94. The Morgan fingerprint density at radius 2 is 1.71 bits per heavy atom. The van der Waals surface area contributed by atoms with E-state index in [1.165, 1.54) is 25.7 Å². The van der Waals surface area contributed by atoms with Crippen LogP contribution in [0.4, 0.5) is 0 Å². The van der Waals surface area contributed by atoms with Crippen molar-refractivity contribution in [3.05, 3.63) is 23.8 Å².